The van der Waals surface area contributed by atoms with Crippen molar-refractivity contribution < 1.29 is 28.0 Å². The summed E-state index contributed by atoms with van der Waals surface area (Å²) in [4.78, 5) is 19.8. The van der Waals surface area contributed by atoms with Crippen molar-refractivity contribution in [3.8, 4) is 0 Å². The number of hydrogen-bond donors (Lipinski definition) is 4. The number of guanidine groups is 1. The lowest BCUT2D eigenvalue weighted by Crippen LogP contribution is -2.29. The fraction of sp³-hybridized carbons (Fsp3) is 0.0667. The minimum Gasteiger partial charge on any atom is -0.367 e. The van der Waals surface area contributed by atoms with Gasteiger partial charge in [-0.3, -0.25) is 35.4 Å². The molecule has 0 spiro atoms. The molecule has 0 saturated heterocycles. The van der Waals surface area contributed by atoms with Gasteiger partial charge in [0.2, 0.25) is 5.96 Å². The number of halogens is 1. The topological polar surface area (TPSA) is 226 Å². The first-order valence-electron chi connectivity index (χ1n) is 7.78. The lowest BCUT2D eigenvalue weighted by molar-refractivity contribution is -0.394. The van der Waals surface area contributed by atoms with E-state index < -0.39 is 42.9 Å². The number of rotatable bonds is 5. The number of nitro groups is 2. The second-order valence-corrected chi connectivity index (χ2v) is 7.38. The van der Waals surface area contributed by atoms with Crippen molar-refractivity contribution in [1.29, 1.82) is 5.41 Å². The zero-order valence-electron chi connectivity index (χ0n) is 15.5. The van der Waals surface area contributed by atoms with Crippen LogP contribution in [0.4, 0.5) is 11.4 Å². The number of hydrogen-bond acceptors (Lipinski definition) is 9. The number of nitrogens with zero attached hydrogens (tertiary/aromatic N) is 4. The van der Waals surface area contributed by atoms with Crippen molar-refractivity contribution in [2.24, 2.45) is 10.8 Å². The molecule has 0 aliphatic rings. The third-order valence-electron chi connectivity index (χ3n) is 3.35. The first-order chi connectivity index (χ1) is 14.3. The van der Waals surface area contributed by atoms with Gasteiger partial charge in [-0.25, -0.2) is 0 Å². The third-order valence-corrected chi connectivity index (χ3v) is 4.53. The number of hydrazone groups is 1. The monoisotopic (exact) mass is 474 g/mol. The van der Waals surface area contributed by atoms with Crippen LogP contribution in [0.2, 0.25) is 5.02 Å². The van der Waals surface area contributed by atoms with Gasteiger partial charge in [-0.1, -0.05) is 29.3 Å². The van der Waals surface area contributed by atoms with Crippen LogP contribution in [0.1, 0.15) is 11.1 Å². The van der Waals surface area contributed by atoms with Crippen LogP contribution < -0.4 is 5.73 Å². The second-order valence-electron chi connectivity index (χ2n) is 5.55. The van der Waals surface area contributed by atoms with E-state index in [2.05, 4.69) is 5.10 Å². The largest absolute Gasteiger partial charge is 0.367 e. The highest BCUT2D eigenvalue weighted by molar-refractivity contribution is 7.85. The maximum atomic E-state index is 10.9. The van der Waals surface area contributed by atoms with Crippen LogP contribution in [0.15, 0.2) is 46.4 Å². The summed E-state index contributed by atoms with van der Waals surface area (Å²) in [5, 5.41) is 40.3. The maximum absolute atomic E-state index is 10.9. The minimum absolute atomic E-state index is 0.0666. The summed E-state index contributed by atoms with van der Waals surface area (Å²) in [5.41, 5.74) is 3.91. The smallest absolute Gasteiger partial charge is 0.303 e. The number of nitro benzene ring substituents is 2. The van der Waals surface area contributed by atoms with Crippen LogP contribution in [0.3, 0.4) is 0 Å². The fourth-order valence-corrected chi connectivity index (χ4v) is 2.64. The molecule has 2 rings (SSSR count). The van der Waals surface area contributed by atoms with E-state index in [4.69, 9.17) is 32.5 Å². The van der Waals surface area contributed by atoms with Gasteiger partial charge in [0.1, 0.15) is 5.02 Å². The molecule has 0 aliphatic heterocycles. The zero-order valence-corrected chi connectivity index (χ0v) is 17.1. The second kappa shape index (κ2) is 10.4. The Labute approximate surface area is 179 Å². The first kappa shape index (κ1) is 25.4. The van der Waals surface area contributed by atoms with E-state index in [0.29, 0.717) is 6.21 Å². The molecule has 2 aromatic rings. The summed E-state index contributed by atoms with van der Waals surface area (Å²) in [6.45, 7) is 1.84. The van der Waals surface area contributed by atoms with Crippen LogP contribution in [0.5, 0.6) is 0 Å². The summed E-state index contributed by atoms with van der Waals surface area (Å²) in [7, 11) is -4.02. The minimum atomic E-state index is -4.02. The van der Waals surface area contributed by atoms with Crippen LogP contribution in [-0.2, 0) is 10.1 Å². The molecule has 14 nitrogen and oxygen atoms in total. The Kier molecular flexibility index (Phi) is 8.51. The van der Waals surface area contributed by atoms with Crippen LogP contribution in [0, 0.1) is 32.6 Å². The molecule has 5 N–H and O–H groups in total. The van der Waals surface area contributed by atoms with E-state index in [1.807, 2.05) is 6.92 Å². The van der Waals surface area contributed by atoms with Crippen LogP contribution >= 0.6 is 11.6 Å². The molecule has 16 heteroatoms. The molecule has 0 heterocycles. The molecule has 166 valence electrons. The standard InChI is InChI=1S/C8H7ClN6O5.C7H8O3S/c9-5-1-2-6(14(17)18)4(7(5)15(19)20)3-12-13(16)8(10)11;1-6-2-4-7(5-3-6)11(8,9)10/h1-3,16H,(H3,10,11);2-5H,1H3,(H,8,9,10). The first-order valence-corrected chi connectivity index (χ1v) is 9.60. The summed E-state index contributed by atoms with van der Waals surface area (Å²) in [6, 6.07) is 7.94. The highest BCUT2D eigenvalue weighted by Crippen LogP contribution is 2.33. The van der Waals surface area contributed by atoms with E-state index in [1.54, 1.807) is 12.1 Å². The average molecular weight is 475 g/mol. The van der Waals surface area contributed by atoms with Gasteiger partial charge >= 0.3 is 5.69 Å². The summed E-state index contributed by atoms with van der Waals surface area (Å²) < 4.78 is 29.6. The number of hydroxylamine groups is 1. The quantitative estimate of drug-likeness (QED) is 0.162. The van der Waals surface area contributed by atoms with Crippen molar-refractivity contribution in [3.05, 3.63) is 72.8 Å². The fourth-order valence-electron chi connectivity index (χ4n) is 1.93. The van der Waals surface area contributed by atoms with Gasteiger partial charge in [0, 0.05) is 6.07 Å². The van der Waals surface area contributed by atoms with Crippen molar-refractivity contribution in [2.75, 3.05) is 0 Å². The Balaban J connectivity index is 0.000000367. The van der Waals surface area contributed by atoms with Crippen molar-refractivity contribution >= 4 is 45.3 Å². The van der Waals surface area contributed by atoms with Crippen molar-refractivity contribution in [3.63, 3.8) is 0 Å². The zero-order chi connectivity index (χ0) is 23.9. The van der Waals surface area contributed by atoms with Gasteiger partial charge in [-0.05, 0) is 25.1 Å². The summed E-state index contributed by atoms with van der Waals surface area (Å²) in [5.74, 6) is -0.881. The molecule has 0 unspecified atom stereocenters. The van der Waals surface area contributed by atoms with Gasteiger partial charge in [0.15, 0.2) is 5.56 Å². The molecular formula is C15H15ClN6O8S. The van der Waals surface area contributed by atoms with E-state index in [-0.39, 0.29) is 15.1 Å². The Morgan fingerprint density at radius 1 is 1.19 bits per heavy atom. The van der Waals surface area contributed by atoms with E-state index in [1.165, 1.54) is 12.1 Å². The molecular weight excluding hydrogens is 460 g/mol. The number of benzene rings is 2. The molecule has 0 radical (unpaired) electrons. The van der Waals surface area contributed by atoms with Crippen LogP contribution in [0.25, 0.3) is 0 Å². The lowest BCUT2D eigenvalue weighted by atomic mass is 10.1. The number of aryl methyl sites for hydroxylation is 1. The van der Waals surface area contributed by atoms with Gasteiger partial charge < -0.3 is 5.73 Å². The SMILES string of the molecule is Cc1ccc(S(=O)(=O)O)cc1.N=C(N)N(O)N=Cc1c([N+](=O)[O-])ccc(Cl)c1[N+](=O)[O-]. The molecule has 31 heavy (non-hydrogen) atoms. The number of nitrogens with two attached hydrogens (primary N) is 1. The van der Waals surface area contributed by atoms with Gasteiger partial charge in [-0.15, -0.1) is 5.17 Å². The average Bonchev–Trinajstić information content (AvgIpc) is 2.65. The molecule has 0 aliphatic carbocycles. The molecule has 0 fully saturated rings. The van der Waals surface area contributed by atoms with Gasteiger partial charge in [0.05, 0.1) is 21.0 Å². The number of nitrogens with one attached hydrogen (secondary N) is 1. The highest BCUT2D eigenvalue weighted by Gasteiger charge is 2.27. The predicted molar refractivity (Wildman–Crippen MR) is 109 cm³/mol. The Morgan fingerprint density at radius 3 is 2.16 bits per heavy atom. The normalized spacial score (nSPS) is 10.8. The lowest BCUT2D eigenvalue weighted by Gasteiger charge is -2.06. The predicted octanol–water partition coefficient (Wildman–Crippen LogP) is 2.32. The molecule has 0 saturated carbocycles. The highest BCUT2D eigenvalue weighted by atomic mass is 35.5. The molecule has 0 bridgehead atoms. The molecule has 0 aromatic heterocycles. The molecule has 0 amide bonds. The molecule has 0 atom stereocenters. The Hall–Kier alpha value is -3.66. The maximum Gasteiger partial charge on any atom is 0.303 e. The van der Waals surface area contributed by atoms with Gasteiger partial charge in [0.25, 0.3) is 15.8 Å². The van der Waals surface area contributed by atoms with Gasteiger partial charge in [-0.2, -0.15) is 13.5 Å². The summed E-state index contributed by atoms with van der Waals surface area (Å²) in [6.07, 6.45) is 0.615. The van der Waals surface area contributed by atoms with Crippen LogP contribution in [-0.4, -0.2) is 45.4 Å². The van der Waals surface area contributed by atoms with E-state index in [9.17, 15) is 28.6 Å². The van der Waals surface area contributed by atoms with Crippen molar-refractivity contribution in [1.82, 2.24) is 5.17 Å². The van der Waals surface area contributed by atoms with E-state index >= 15 is 0 Å². The summed E-state index contributed by atoms with van der Waals surface area (Å²) >= 11 is 5.61. The third kappa shape index (κ3) is 7.27. The Bertz CT molecular complexity index is 1140. The van der Waals surface area contributed by atoms with E-state index in [0.717, 1.165) is 17.7 Å². The Morgan fingerprint density at radius 2 is 1.74 bits per heavy atom. The van der Waals surface area contributed by atoms with Crippen molar-refractivity contribution in [2.45, 2.75) is 11.8 Å². The molecule has 2 aromatic carbocycles.